The van der Waals surface area contributed by atoms with E-state index in [4.69, 9.17) is 0 Å². The molecule has 1 fully saturated rings. The average molecular weight is 238 g/mol. The van der Waals surface area contributed by atoms with E-state index in [1.54, 1.807) is 12.1 Å². The van der Waals surface area contributed by atoms with Gasteiger partial charge in [0.15, 0.2) is 9.84 Å². The molecule has 2 nitrogen and oxygen atoms in total. The van der Waals surface area contributed by atoms with Gasteiger partial charge in [-0.3, -0.25) is 0 Å². The summed E-state index contributed by atoms with van der Waals surface area (Å²) in [5, 5.41) is -0.127. The molecule has 1 aromatic rings. The van der Waals surface area contributed by atoms with Crippen LogP contribution in [0.4, 0.5) is 0 Å². The van der Waals surface area contributed by atoms with Crippen molar-refractivity contribution >= 4 is 9.84 Å². The highest BCUT2D eigenvalue weighted by atomic mass is 32.2. The van der Waals surface area contributed by atoms with Crippen LogP contribution in [0.25, 0.3) is 0 Å². The molecule has 16 heavy (non-hydrogen) atoms. The zero-order valence-corrected chi connectivity index (χ0v) is 10.6. The van der Waals surface area contributed by atoms with Crippen LogP contribution >= 0.6 is 0 Å². The van der Waals surface area contributed by atoms with Crippen LogP contribution in [-0.4, -0.2) is 13.7 Å². The third-order valence-corrected chi connectivity index (χ3v) is 5.64. The molecule has 0 radical (unpaired) electrons. The highest BCUT2D eigenvalue weighted by Gasteiger charge is 2.32. The predicted molar refractivity (Wildman–Crippen MR) is 65.4 cm³/mol. The molecule has 1 saturated carbocycles. The molecular weight excluding hydrogens is 220 g/mol. The molecule has 0 amide bonds. The Hall–Kier alpha value is -0.830. The Bertz CT molecular complexity index is 453. The van der Waals surface area contributed by atoms with Crippen LogP contribution in [0.2, 0.25) is 0 Å². The molecule has 0 spiro atoms. The first kappa shape index (κ1) is 11.6. The molecule has 0 atom stereocenters. The summed E-state index contributed by atoms with van der Waals surface area (Å²) in [5.41, 5.74) is 1.19. The van der Waals surface area contributed by atoms with E-state index in [1.807, 2.05) is 12.1 Å². The summed E-state index contributed by atoms with van der Waals surface area (Å²) in [6, 6.07) is 7.36. The first-order chi connectivity index (χ1) is 7.51. The SMILES string of the molecule is CC(C)c1ccc(S(=O)(=O)C2CCC2)cc1. The van der Waals surface area contributed by atoms with Crippen molar-refractivity contribution in [2.24, 2.45) is 0 Å². The van der Waals surface area contributed by atoms with Gasteiger partial charge in [-0.2, -0.15) is 0 Å². The van der Waals surface area contributed by atoms with E-state index in [1.165, 1.54) is 5.56 Å². The Labute approximate surface area is 97.6 Å². The van der Waals surface area contributed by atoms with E-state index in [-0.39, 0.29) is 5.25 Å². The first-order valence-electron chi connectivity index (χ1n) is 5.85. The van der Waals surface area contributed by atoms with Gasteiger partial charge < -0.3 is 0 Å². The Kier molecular flexibility index (Phi) is 3.06. The van der Waals surface area contributed by atoms with Gasteiger partial charge >= 0.3 is 0 Å². The molecule has 1 aliphatic carbocycles. The Morgan fingerprint density at radius 1 is 1.12 bits per heavy atom. The van der Waals surface area contributed by atoms with Gasteiger partial charge in [0.25, 0.3) is 0 Å². The minimum atomic E-state index is -3.04. The lowest BCUT2D eigenvalue weighted by Crippen LogP contribution is -2.28. The molecule has 1 aliphatic rings. The monoisotopic (exact) mass is 238 g/mol. The molecule has 1 aromatic carbocycles. The molecule has 0 N–H and O–H groups in total. The van der Waals surface area contributed by atoms with Crippen LogP contribution in [-0.2, 0) is 9.84 Å². The highest BCUT2D eigenvalue weighted by molar-refractivity contribution is 7.92. The average Bonchev–Trinajstić information content (AvgIpc) is 2.14. The van der Waals surface area contributed by atoms with E-state index >= 15 is 0 Å². The lowest BCUT2D eigenvalue weighted by atomic mass is 10.00. The maximum Gasteiger partial charge on any atom is 0.181 e. The van der Waals surface area contributed by atoms with Crippen LogP contribution in [0, 0.1) is 0 Å². The second-order valence-electron chi connectivity index (χ2n) is 4.82. The predicted octanol–water partition coefficient (Wildman–Crippen LogP) is 3.14. The zero-order chi connectivity index (χ0) is 11.8. The van der Waals surface area contributed by atoms with Crippen molar-refractivity contribution < 1.29 is 8.42 Å². The summed E-state index contributed by atoms with van der Waals surface area (Å²) < 4.78 is 24.2. The summed E-state index contributed by atoms with van der Waals surface area (Å²) in [4.78, 5) is 0.488. The maximum atomic E-state index is 12.1. The van der Waals surface area contributed by atoms with Crippen molar-refractivity contribution in [2.75, 3.05) is 0 Å². The van der Waals surface area contributed by atoms with Crippen LogP contribution in [0.5, 0.6) is 0 Å². The number of rotatable bonds is 3. The number of hydrogen-bond acceptors (Lipinski definition) is 2. The van der Waals surface area contributed by atoms with E-state index in [0.717, 1.165) is 19.3 Å². The first-order valence-corrected chi connectivity index (χ1v) is 7.40. The summed E-state index contributed by atoms with van der Waals surface area (Å²) in [5.74, 6) is 0.445. The van der Waals surface area contributed by atoms with Crippen molar-refractivity contribution in [3.05, 3.63) is 29.8 Å². The second-order valence-corrected chi connectivity index (χ2v) is 7.05. The third kappa shape index (κ3) is 2.01. The van der Waals surface area contributed by atoms with Gasteiger partial charge in [0.05, 0.1) is 10.1 Å². The number of hydrogen-bond donors (Lipinski definition) is 0. The van der Waals surface area contributed by atoms with Crippen molar-refractivity contribution in [1.29, 1.82) is 0 Å². The lowest BCUT2D eigenvalue weighted by molar-refractivity contribution is 0.477. The van der Waals surface area contributed by atoms with Gasteiger partial charge in [-0.05, 0) is 36.5 Å². The molecule has 0 aliphatic heterocycles. The van der Waals surface area contributed by atoms with E-state index in [9.17, 15) is 8.42 Å². The summed E-state index contributed by atoms with van der Waals surface area (Å²) in [6.45, 7) is 4.21. The highest BCUT2D eigenvalue weighted by Crippen LogP contribution is 2.31. The van der Waals surface area contributed by atoms with Crippen molar-refractivity contribution in [2.45, 2.75) is 49.2 Å². The van der Waals surface area contributed by atoms with Crippen molar-refractivity contribution in [1.82, 2.24) is 0 Å². The fourth-order valence-electron chi connectivity index (χ4n) is 1.92. The van der Waals surface area contributed by atoms with Crippen LogP contribution in [0.15, 0.2) is 29.2 Å². The number of benzene rings is 1. The fourth-order valence-corrected chi connectivity index (χ4v) is 3.77. The zero-order valence-electron chi connectivity index (χ0n) is 9.81. The molecule has 0 unspecified atom stereocenters. The van der Waals surface area contributed by atoms with E-state index in [0.29, 0.717) is 10.8 Å². The summed E-state index contributed by atoms with van der Waals surface area (Å²) >= 11 is 0. The molecule has 88 valence electrons. The van der Waals surface area contributed by atoms with Crippen molar-refractivity contribution in [3.8, 4) is 0 Å². The molecule has 0 bridgehead atoms. The smallest absolute Gasteiger partial charge is 0.181 e. The quantitative estimate of drug-likeness (QED) is 0.810. The van der Waals surface area contributed by atoms with Crippen LogP contribution in [0.3, 0.4) is 0 Å². The molecule has 3 heteroatoms. The van der Waals surface area contributed by atoms with E-state index in [2.05, 4.69) is 13.8 Å². The molecule has 0 saturated heterocycles. The number of sulfone groups is 1. The maximum absolute atomic E-state index is 12.1. The summed E-state index contributed by atoms with van der Waals surface area (Å²) in [6.07, 6.45) is 2.70. The minimum Gasteiger partial charge on any atom is -0.223 e. The van der Waals surface area contributed by atoms with E-state index < -0.39 is 9.84 Å². The minimum absolute atomic E-state index is 0.127. The Morgan fingerprint density at radius 3 is 2.06 bits per heavy atom. The van der Waals surface area contributed by atoms with Crippen molar-refractivity contribution in [3.63, 3.8) is 0 Å². The van der Waals surface area contributed by atoms with Crippen LogP contribution in [0.1, 0.15) is 44.6 Å². The summed E-state index contributed by atoms with van der Waals surface area (Å²) in [7, 11) is -3.04. The molecular formula is C13H18O2S. The molecule has 2 rings (SSSR count). The largest absolute Gasteiger partial charge is 0.223 e. The van der Waals surface area contributed by atoms with Gasteiger partial charge in [0.1, 0.15) is 0 Å². The molecule has 0 aromatic heterocycles. The van der Waals surface area contributed by atoms with Gasteiger partial charge in [-0.25, -0.2) is 8.42 Å². The lowest BCUT2D eigenvalue weighted by Gasteiger charge is -2.25. The van der Waals surface area contributed by atoms with Gasteiger partial charge in [0.2, 0.25) is 0 Å². The normalized spacial score (nSPS) is 17.4. The Balaban J connectivity index is 2.27. The van der Waals surface area contributed by atoms with Gasteiger partial charge in [-0.15, -0.1) is 0 Å². The second kappa shape index (κ2) is 4.21. The van der Waals surface area contributed by atoms with Gasteiger partial charge in [0, 0.05) is 0 Å². The third-order valence-electron chi connectivity index (χ3n) is 3.37. The standard InChI is InChI=1S/C13H18O2S/c1-10(2)11-6-8-13(9-7-11)16(14,15)12-4-3-5-12/h6-10,12H,3-5H2,1-2H3. The Morgan fingerprint density at radius 2 is 1.69 bits per heavy atom. The fraction of sp³-hybridized carbons (Fsp3) is 0.538. The van der Waals surface area contributed by atoms with Crippen LogP contribution < -0.4 is 0 Å². The molecule has 0 heterocycles. The topological polar surface area (TPSA) is 34.1 Å². The van der Waals surface area contributed by atoms with Gasteiger partial charge in [-0.1, -0.05) is 32.4 Å².